The average molecular weight is 251 g/mol. The Kier molecular flexibility index (Phi) is 2.89. The summed E-state index contributed by atoms with van der Waals surface area (Å²) < 4.78 is 2.38. The van der Waals surface area contributed by atoms with Gasteiger partial charge in [-0.1, -0.05) is 0 Å². The number of phenols is 2. The summed E-state index contributed by atoms with van der Waals surface area (Å²) in [6, 6.07) is 4.72. The van der Waals surface area contributed by atoms with E-state index in [1.807, 2.05) is 18.4 Å². The minimum absolute atomic E-state index is 0.154. The molecule has 0 spiro atoms. The molecular formula is C11H13N3O2S. The number of aromatic amines is 1. The Bertz CT molecular complexity index is 601. The van der Waals surface area contributed by atoms with E-state index in [0.717, 1.165) is 0 Å². The number of rotatable bonds is 2. The maximum Gasteiger partial charge on any atom is 0.195 e. The molecule has 2 rings (SSSR count). The van der Waals surface area contributed by atoms with Crippen LogP contribution < -0.4 is 0 Å². The maximum absolute atomic E-state index is 9.47. The number of hydrogen-bond donors (Lipinski definition) is 3. The topological polar surface area (TPSA) is 74.1 Å². The van der Waals surface area contributed by atoms with Crippen LogP contribution in [0.3, 0.4) is 0 Å². The first-order chi connectivity index (χ1) is 8.00. The molecule has 1 aromatic heterocycles. The van der Waals surface area contributed by atoms with Crippen LogP contribution in [0.4, 0.5) is 0 Å². The summed E-state index contributed by atoms with van der Waals surface area (Å²) in [6.45, 7) is 3.99. The van der Waals surface area contributed by atoms with Crippen molar-refractivity contribution in [2.24, 2.45) is 0 Å². The molecule has 0 saturated carbocycles. The zero-order valence-corrected chi connectivity index (χ0v) is 10.3. The molecule has 0 radical (unpaired) electrons. The Balaban J connectivity index is 2.61. The maximum atomic E-state index is 9.47. The van der Waals surface area contributed by atoms with Crippen LogP contribution in [0.15, 0.2) is 18.2 Å². The van der Waals surface area contributed by atoms with Crippen molar-refractivity contribution in [3.63, 3.8) is 0 Å². The summed E-state index contributed by atoms with van der Waals surface area (Å²) in [6.07, 6.45) is 0. The third-order valence-corrected chi connectivity index (χ3v) is 2.74. The SMILES string of the molecule is CC(C)n1c(-c2ccc(O)c(O)c2)n[nH]c1=S. The van der Waals surface area contributed by atoms with E-state index >= 15 is 0 Å². The number of phenolic OH excluding ortho intramolecular Hbond substituents is 2. The third-order valence-electron chi connectivity index (χ3n) is 2.45. The Hall–Kier alpha value is -1.82. The van der Waals surface area contributed by atoms with E-state index < -0.39 is 0 Å². The highest BCUT2D eigenvalue weighted by Gasteiger charge is 2.12. The van der Waals surface area contributed by atoms with Gasteiger partial charge in [0.25, 0.3) is 0 Å². The van der Waals surface area contributed by atoms with Crippen LogP contribution in [0.5, 0.6) is 11.5 Å². The molecule has 0 atom stereocenters. The van der Waals surface area contributed by atoms with Crippen molar-refractivity contribution in [1.82, 2.24) is 14.8 Å². The monoisotopic (exact) mass is 251 g/mol. The largest absolute Gasteiger partial charge is 0.504 e. The van der Waals surface area contributed by atoms with Gasteiger partial charge < -0.3 is 10.2 Å². The van der Waals surface area contributed by atoms with E-state index in [2.05, 4.69) is 10.2 Å². The predicted octanol–water partition coefficient (Wildman–Crippen LogP) is 2.60. The smallest absolute Gasteiger partial charge is 0.195 e. The molecule has 0 aliphatic rings. The lowest BCUT2D eigenvalue weighted by atomic mass is 10.2. The molecule has 0 amide bonds. The van der Waals surface area contributed by atoms with Crippen LogP contribution in [0, 0.1) is 4.77 Å². The molecule has 17 heavy (non-hydrogen) atoms. The fourth-order valence-electron chi connectivity index (χ4n) is 1.65. The summed E-state index contributed by atoms with van der Waals surface area (Å²) in [5, 5.41) is 25.6. The second-order valence-corrected chi connectivity index (χ2v) is 4.41. The summed E-state index contributed by atoms with van der Waals surface area (Å²) in [5.41, 5.74) is 0.696. The Labute approximate surface area is 103 Å². The molecule has 0 bridgehead atoms. The van der Waals surface area contributed by atoms with Gasteiger partial charge in [-0.2, -0.15) is 5.10 Å². The van der Waals surface area contributed by atoms with Crippen molar-refractivity contribution in [1.29, 1.82) is 0 Å². The van der Waals surface area contributed by atoms with Crippen LogP contribution in [0.2, 0.25) is 0 Å². The molecular weight excluding hydrogens is 238 g/mol. The zero-order valence-electron chi connectivity index (χ0n) is 9.51. The number of nitrogens with one attached hydrogen (secondary N) is 1. The zero-order chi connectivity index (χ0) is 12.6. The number of aromatic nitrogens is 3. The average Bonchev–Trinajstić information content (AvgIpc) is 2.64. The van der Waals surface area contributed by atoms with Gasteiger partial charge in [0.2, 0.25) is 0 Å². The molecule has 90 valence electrons. The second kappa shape index (κ2) is 4.21. The number of benzene rings is 1. The normalized spacial score (nSPS) is 11.0. The Morgan fingerprint density at radius 1 is 1.29 bits per heavy atom. The van der Waals surface area contributed by atoms with Gasteiger partial charge in [0.05, 0.1) is 0 Å². The Morgan fingerprint density at radius 2 is 2.00 bits per heavy atom. The molecule has 0 aliphatic heterocycles. The third kappa shape index (κ3) is 2.03. The minimum Gasteiger partial charge on any atom is -0.504 e. The molecule has 0 saturated heterocycles. The summed E-state index contributed by atoms with van der Waals surface area (Å²) in [7, 11) is 0. The van der Waals surface area contributed by atoms with E-state index in [4.69, 9.17) is 12.2 Å². The van der Waals surface area contributed by atoms with E-state index in [9.17, 15) is 10.2 Å². The number of H-pyrrole nitrogens is 1. The van der Waals surface area contributed by atoms with Crippen molar-refractivity contribution in [3.8, 4) is 22.9 Å². The van der Waals surface area contributed by atoms with Crippen LogP contribution in [-0.2, 0) is 0 Å². The quantitative estimate of drug-likeness (QED) is 0.566. The first-order valence-corrected chi connectivity index (χ1v) is 5.60. The highest BCUT2D eigenvalue weighted by molar-refractivity contribution is 7.71. The lowest BCUT2D eigenvalue weighted by Gasteiger charge is -2.10. The molecule has 0 fully saturated rings. The summed E-state index contributed by atoms with van der Waals surface area (Å²) in [4.78, 5) is 0. The van der Waals surface area contributed by atoms with Gasteiger partial charge in [-0.3, -0.25) is 9.67 Å². The van der Waals surface area contributed by atoms with Gasteiger partial charge in [0, 0.05) is 11.6 Å². The van der Waals surface area contributed by atoms with Crippen LogP contribution in [0.25, 0.3) is 11.4 Å². The van der Waals surface area contributed by atoms with Crippen molar-refractivity contribution in [3.05, 3.63) is 23.0 Å². The fraction of sp³-hybridized carbons (Fsp3) is 0.273. The molecule has 6 heteroatoms. The predicted molar refractivity (Wildman–Crippen MR) is 66.6 cm³/mol. The highest BCUT2D eigenvalue weighted by atomic mass is 32.1. The van der Waals surface area contributed by atoms with Crippen molar-refractivity contribution in [2.75, 3.05) is 0 Å². The number of nitrogens with zero attached hydrogens (tertiary/aromatic N) is 2. The van der Waals surface area contributed by atoms with E-state index in [1.54, 1.807) is 6.07 Å². The van der Waals surface area contributed by atoms with Crippen molar-refractivity contribution < 1.29 is 10.2 Å². The molecule has 0 aliphatic carbocycles. The highest BCUT2D eigenvalue weighted by Crippen LogP contribution is 2.30. The van der Waals surface area contributed by atoms with Crippen molar-refractivity contribution >= 4 is 12.2 Å². The fourth-order valence-corrected chi connectivity index (χ4v) is 1.99. The van der Waals surface area contributed by atoms with Gasteiger partial charge in [-0.15, -0.1) is 0 Å². The van der Waals surface area contributed by atoms with Gasteiger partial charge in [-0.05, 0) is 44.3 Å². The van der Waals surface area contributed by atoms with E-state index in [-0.39, 0.29) is 17.5 Å². The molecule has 1 heterocycles. The lowest BCUT2D eigenvalue weighted by Crippen LogP contribution is -2.03. The van der Waals surface area contributed by atoms with Gasteiger partial charge in [0.1, 0.15) is 0 Å². The first-order valence-electron chi connectivity index (χ1n) is 5.20. The second-order valence-electron chi connectivity index (χ2n) is 4.02. The summed E-state index contributed by atoms with van der Waals surface area (Å²) in [5.74, 6) is 0.311. The molecule has 2 aromatic rings. The van der Waals surface area contributed by atoms with Gasteiger partial charge in [-0.25, -0.2) is 0 Å². The van der Waals surface area contributed by atoms with Crippen LogP contribution in [0.1, 0.15) is 19.9 Å². The minimum atomic E-state index is -0.174. The molecule has 3 N–H and O–H groups in total. The van der Waals surface area contributed by atoms with Gasteiger partial charge in [0.15, 0.2) is 22.1 Å². The number of aromatic hydroxyl groups is 2. The molecule has 0 unspecified atom stereocenters. The standard InChI is InChI=1S/C11H13N3O2S/c1-6(2)14-10(12-13-11(14)17)7-3-4-8(15)9(16)5-7/h3-6,15-16H,1-2H3,(H,13,17). The first kappa shape index (κ1) is 11.7. The van der Waals surface area contributed by atoms with Crippen molar-refractivity contribution in [2.45, 2.75) is 19.9 Å². The molecule has 5 nitrogen and oxygen atoms in total. The lowest BCUT2D eigenvalue weighted by molar-refractivity contribution is 0.404. The number of hydrogen-bond acceptors (Lipinski definition) is 4. The Morgan fingerprint density at radius 3 is 2.59 bits per heavy atom. The molecule has 1 aromatic carbocycles. The van der Waals surface area contributed by atoms with Crippen LogP contribution in [-0.4, -0.2) is 25.0 Å². The van der Waals surface area contributed by atoms with Crippen LogP contribution >= 0.6 is 12.2 Å². The summed E-state index contributed by atoms with van der Waals surface area (Å²) >= 11 is 5.14. The van der Waals surface area contributed by atoms with Gasteiger partial charge >= 0.3 is 0 Å². The van der Waals surface area contributed by atoms with E-state index in [1.165, 1.54) is 12.1 Å². The van der Waals surface area contributed by atoms with E-state index in [0.29, 0.717) is 16.2 Å².